The third kappa shape index (κ3) is 3.39. The van der Waals surface area contributed by atoms with E-state index in [1.807, 2.05) is 13.0 Å². The molecule has 1 atom stereocenters. The molecule has 0 saturated carbocycles. The SMILES string of the molecule is CCc1ccc(S(=O)(=O)Nc2cccc(C(C)O)c2)s1. The van der Waals surface area contributed by atoms with Gasteiger partial charge in [-0.15, -0.1) is 11.3 Å². The lowest BCUT2D eigenvalue weighted by Crippen LogP contribution is -2.11. The Morgan fingerprint density at radius 3 is 2.65 bits per heavy atom. The monoisotopic (exact) mass is 311 g/mol. The van der Waals surface area contributed by atoms with Crippen molar-refractivity contribution in [1.29, 1.82) is 0 Å². The van der Waals surface area contributed by atoms with Crippen molar-refractivity contribution in [2.24, 2.45) is 0 Å². The summed E-state index contributed by atoms with van der Waals surface area (Å²) in [5, 5.41) is 9.52. The molecule has 1 unspecified atom stereocenters. The van der Waals surface area contributed by atoms with E-state index in [0.29, 0.717) is 15.5 Å². The number of anilines is 1. The number of aryl methyl sites for hydroxylation is 1. The third-order valence-electron chi connectivity index (χ3n) is 2.87. The van der Waals surface area contributed by atoms with Crippen LogP contribution in [0.15, 0.2) is 40.6 Å². The Morgan fingerprint density at radius 2 is 2.05 bits per heavy atom. The summed E-state index contributed by atoms with van der Waals surface area (Å²) in [6, 6.07) is 10.2. The molecule has 0 aliphatic heterocycles. The standard InChI is InChI=1S/C14H17NO3S2/c1-3-13-7-8-14(19-13)20(17,18)15-12-6-4-5-11(9-12)10(2)16/h4-10,15-16H,3H2,1-2H3. The average molecular weight is 311 g/mol. The van der Waals surface area contributed by atoms with Crippen molar-refractivity contribution in [2.75, 3.05) is 4.72 Å². The Balaban J connectivity index is 2.26. The lowest BCUT2D eigenvalue weighted by atomic mass is 10.1. The molecule has 108 valence electrons. The minimum atomic E-state index is -3.56. The van der Waals surface area contributed by atoms with Crippen molar-refractivity contribution >= 4 is 27.0 Å². The third-order valence-corrected chi connectivity index (χ3v) is 5.97. The summed E-state index contributed by atoms with van der Waals surface area (Å²) < 4.78 is 27.3. The summed E-state index contributed by atoms with van der Waals surface area (Å²) in [7, 11) is -3.56. The predicted octanol–water partition coefficient (Wildman–Crippen LogP) is 3.16. The Morgan fingerprint density at radius 1 is 1.30 bits per heavy atom. The number of nitrogens with one attached hydrogen (secondary N) is 1. The fourth-order valence-corrected chi connectivity index (χ4v) is 4.11. The second-order valence-electron chi connectivity index (χ2n) is 4.48. The first kappa shape index (κ1) is 15.0. The molecule has 4 nitrogen and oxygen atoms in total. The van der Waals surface area contributed by atoms with Gasteiger partial charge in [0.1, 0.15) is 4.21 Å². The number of benzene rings is 1. The van der Waals surface area contributed by atoms with Gasteiger partial charge in [-0.3, -0.25) is 4.72 Å². The van der Waals surface area contributed by atoms with E-state index in [0.717, 1.165) is 11.3 Å². The van der Waals surface area contributed by atoms with Crippen molar-refractivity contribution in [2.45, 2.75) is 30.6 Å². The number of rotatable bonds is 5. The second kappa shape index (κ2) is 5.95. The summed E-state index contributed by atoms with van der Waals surface area (Å²) in [5.41, 5.74) is 1.13. The molecule has 6 heteroatoms. The Bertz CT molecular complexity index is 690. The maximum absolute atomic E-state index is 12.2. The van der Waals surface area contributed by atoms with Gasteiger partial charge in [-0.25, -0.2) is 8.42 Å². The van der Waals surface area contributed by atoms with Crippen LogP contribution in [0, 0.1) is 0 Å². The van der Waals surface area contributed by atoms with Gasteiger partial charge in [-0.2, -0.15) is 0 Å². The maximum Gasteiger partial charge on any atom is 0.271 e. The molecular formula is C14H17NO3S2. The summed E-state index contributed by atoms with van der Waals surface area (Å²) in [6.45, 7) is 3.63. The molecule has 0 spiro atoms. The molecule has 2 aromatic rings. The van der Waals surface area contributed by atoms with Crippen LogP contribution in [0.3, 0.4) is 0 Å². The van der Waals surface area contributed by atoms with Gasteiger partial charge in [0.25, 0.3) is 10.0 Å². The number of aliphatic hydroxyl groups is 1. The number of thiophene rings is 1. The summed E-state index contributed by atoms with van der Waals surface area (Å²) in [6.07, 6.45) is 0.186. The van der Waals surface area contributed by atoms with Crippen LogP contribution in [0.1, 0.15) is 30.4 Å². The average Bonchev–Trinajstić information content (AvgIpc) is 2.88. The molecule has 0 fully saturated rings. The summed E-state index contributed by atoms with van der Waals surface area (Å²) >= 11 is 1.27. The lowest BCUT2D eigenvalue weighted by molar-refractivity contribution is 0.199. The maximum atomic E-state index is 12.2. The highest BCUT2D eigenvalue weighted by molar-refractivity contribution is 7.94. The summed E-state index contributed by atoms with van der Waals surface area (Å²) in [4.78, 5) is 1.03. The second-order valence-corrected chi connectivity index (χ2v) is 7.56. The van der Waals surface area contributed by atoms with Gasteiger partial charge in [0.05, 0.1) is 6.10 Å². The van der Waals surface area contributed by atoms with Crippen molar-refractivity contribution in [3.05, 3.63) is 46.8 Å². The van der Waals surface area contributed by atoms with Gasteiger partial charge in [-0.05, 0) is 43.2 Å². The Labute approximate surface area is 123 Å². The first-order valence-electron chi connectivity index (χ1n) is 6.32. The molecule has 0 saturated heterocycles. The van der Waals surface area contributed by atoms with Crippen molar-refractivity contribution in [3.63, 3.8) is 0 Å². The van der Waals surface area contributed by atoms with Gasteiger partial charge in [0.15, 0.2) is 0 Å². The number of aliphatic hydroxyl groups excluding tert-OH is 1. The van der Waals surface area contributed by atoms with Crippen molar-refractivity contribution in [1.82, 2.24) is 0 Å². The van der Waals surface area contributed by atoms with E-state index in [9.17, 15) is 13.5 Å². The van der Waals surface area contributed by atoms with Crippen LogP contribution in [0.5, 0.6) is 0 Å². The largest absolute Gasteiger partial charge is 0.389 e. The first-order chi connectivity index (χ1) is 9.42. The molecule has 2 N–H and O–H groups in total. The molecule has 20 heavy (non-hydrogen) atoms. The Kier molecular flexibility index (Phi) is 4.47. The number of hydrogen-bond acceptors (Lipinski definition) is 4. The molecule has 0 amide bonds. The number of hydrogen-bond donors (Lipinski definition) is 2. The van der Waals surface area contributed by atoms with Gasteiger partial charge >= 0.3 is 0 Å². The van der Waals surface area contributed by atoms with E-state index in [4.69, 9.17) is 0 Å². The van der Waals surface area contributed by atoms with E-state index < -0.39 is 16.1 Å². The highest BCUT2D eigenvalue weighted by Crippen LogP contribution is 2.25. The molecule has 0 aliphatic rings. The lowest BCUT2D eigenvalue weighted by Gasteiger charge is -2.09. The van der Waals surface area contributed by atoms with E-state index in [-0.39, 0.29) is 0 Å². The normalized spacial score (nSPS) is 13.2. The zero-order valence-corrected chi connectivity index (χ0v) is 13.0. The van der Waals surface area contributed by atoms with Crippen LogP contribution in [0.2, 0.25) is 0 Å². The molecule has 0 radical (unpaired) electrons. The van der Waals surface area contributed by atoms with Crippen LogP contribution < -0.4 is 4.72 Å². The van der Waals surface area contributed by atoms with Gasteiger partial charge in [0, 0.05) is 10.6 Å². The van der Waals surface area contributed by atoms with E-state index in [1.165, 1.54) is 11.3 Å². The van der Waals surface area contributed by atoms with Crippen LogP contribution in [-0.4, -0.2) is 13.5 Å². The van der Waals surface area contributed by atoms with Crippen molar-refractivity contribution in [3.8, 4) is 0 Å². The predicted molar refractivity (Wildman–Crippen MR) is 81.6 cm³/mol. The summed E-state index contributed by atoms with van der Waals surface area (Å²) in [5.74, 6) is 0. The van der Waals surface area contributed by atoms with Crippen LogP contribution >= 0.6 is 11.3 Å². The minimum absolute atomic E-state index is 0.303. The van der Waals surface area contributed by atoms with Crippen LogP contribution in [0.25, 0.3) is 0 Å². The zero-order valence-electron chi connectivity index (χ0n) is 11.3. The highest BCUT2D eigenvalue weighted by Gasteiger charge is 2.17. The fourth-order valence-electron chi connectivity index (χ4n) is 1.76. The topological polar surface area (TPSA) is 66.4 Å². The smallest absolute Gasteiger partial charge is 0.271 e. The zero-order chi connectivity index (χ0) is 14.8. The molecule has 0 bridgehead atoms. The molecule has 1 heterocycles. The quantitative estimate of drug-likeness (QED) is 0.891. The van der Waals surface area contributed by atoms with Gasteiger partial charge in [-0.1, -0.05) is 19.1 Å². The number of sulfonamides is 1. The van der Waals surface area contributed by atoms with Crippen LogP contribution in [-0.2, 0) is 16.4 Å². The highest BCUT2D eigenvalue weighted by atomic mass is 32.2. The van der Waals surface area contributed by atoms with Crippen LogP contribution in [0.4, 0.5) is 5.69 Å². The molecule has 0 aliphatic carbocycles. The van der Waals surface area contributed by atoms with Gasteiger partial charge < -0.3 is 5.11 Å². The van der Waals surface area contributed by atoms with E-state index in [1.54, 1.807) is 37.3 Å². The Hall–Kier alpha value is -1.37. The van der Waals surface area contributed by atoms with E-state index in [2.05, 4.69) is 4.72 Å². The molecular weight excluding hydrogens is 294 g/mol. The minimum Gasteiger partial charge on any atom is -0.389 e. The molecule has 2 rings (SSSR count). The fraction of sp³-hybridized carbons (Fsp3) is 0.286. The van der Waals surface area contributed by atoms with Gasteiger partial charge in [0.2, 0.25) is 0 Å². The first-order valence-corrected chi connectivity index (χ1v) is 8.62. The molecule has 1 aromatic carbocycles. The van der Waals surface area contributed by atoms with Crippen molar-refractivity contribution < 1.29 is 13.5 Å². The molecule has 1 aromatic heterocycles. The van der Waals surface area contributed by atoms with E-state index >= 15 is 0 Å².